The van der Waals surface area contributed by atoms with Crippen LogP contribution < -0.4 is 4.74 Å². The Morgan fingerprint density at radius 3 is 2.44 bits per heavy atom. The molecule has 1 unspecified atom stereocenters. The molecule has 0 bridgehead atoms. The summed E-state index contributed by atoms with van der Waals surface area (Å²) in [6.07, 6.45) is 3.64. The molecule has 0 aromatic heterocycles. The van der Waals surface area contributed by atoms with Crippen LogP contribution >= 0.6 is 0 Å². The highest BCUT2D eigenvalue weighted by Gasteiger charge is 2.46. The van der Waals surface area contributed by atoms with Gasteiger partial charge in [0.15, 0.2) is 0 Å². The predicted molar refractivity (Wildman–Crippen MR) is 69.8 cm³/mol. The molecule has 3 nitrogen and oxygen atoms in total. The van der Waals surface area contributed by atoms with E-state index < -0.39 is 11.4 Å². The van der Waals surface area contributed by atoms with Gasteiger partial charge in [0.2, 0.25) is 0 Å². The SMILES string of the molecule is COc1ccc(CCC(C)(C(=O)O)C2CC2)cc1. The number of aryl methyl sites for hydroxylation is 1. The average molecular weight is 248 g/mol. The second-order valence-electron chi connectivity index (χ2n) is 5.34. The standard InChI is InChI=1S/C15H20O3/c1-15(14(16)17,12-5-6-12)10-9-11-3-7-13(18-2)8-4-11/h3-4,7-8,12H,5-6,9-10H2,1-2H3,(H,16,17). The van der Waals surface area contributed by atoms with E-state index in [1.165, 1.54) is 5.56 Å². The van der Waals surface area contributed by atoms with Gasteiger partial charge in [0, 0.05) is 0 Å². The minimum absolute atomic E-state index is 0.369. The summed E-state index contributed by atoms with van der Waals surface area (Å²) in [5.41, 5.74) is 0.615. The molecular formula is C15H20O3. The summed E-state index contributed by atoms with van der Waals surface area (Å²) >= 11 is 0. The predicted octanol–water partition coefficient (Wildman–Crippen LogP) is 3.13. The van der Waals surface area contributed by atoms with Gasteiger partial charge in [-0.3, -0.25) is 4.79 Å². The van der Waals surface area contributed by atoms with Crippen molar-refractivity contribution in [3.8, 4) is 5.75 Å². The first-order valence-electron chi connectivity index (χ1n) is 6.42. The van der Waals surface area contributed by atoms with Crippen LogP contribution in [-0.2, 0) is 11.2 Å². The maximum absolute atomic E-state index is 11.4. The lowest BCUT2D eigenvalue weighted by molar-refractivity contribution is -0.149. The first-order valence-corrected chi connectivity index (χ1v) is 6.42. The number of hydrogen-bond donors (Lipinski definition) is 1. The van der Waals surface area contributed by atoms with Crippen molar-refractivity contribution in [3.05, 3.63) is 29.8 Å². The Hall–Kier alpha value is -1.51. The van der Waals surface area contributed by atoms with Crippen molar-refractivity contribution in [3.63, 3.8) is 0 Å². The lowest BCUT2D eigenvalue weighted by Gasteiger charge is -2.24. The van der Waals surface area contributed by atoms with Crippen LogP contribution in [0.25, 0.3) is 0 Å². The smallest absolute Gasteiger partial charge is 0.309 e. The number of rotatable bonds is 6. The Labute approximate surface area is 108 Å². The van der Waals surface area contributed by atoms with Crippen LogP contribution in [0.15, 0.2) is 24.3 Å². The normalized spacial score (nSPS) is 18.1. The fourth-order valence-corrected chi connectivity index (χ4v) is 2.40. The van der Waals surface area contributed by atoms with E-state index in [1.54, 1.807) is 7.11 Å². The highest BCUT2D eigenvalue weighted by atomic mass is 16.5. The molecule has 1 fully saturated rings. The monoisotopic (exact) mass is 248 g/mol. The summed E-state index contributed by atoms with van der Waals surface area (Å²) in [4.78, 5) is 11.4. The molecule has 1 aromatic rings. The Morgan fingerprint density at radius 1 is 1.39 bits per heavy atom. The Balaban J connectivity index is 1.98. The molecule has 1 N–H and O–H groups in total. The maximum atomic E-state index is 11.4. The highest BCUT2D eigenvalue weighted by molar-refractivity contribution is 5.75. The summed E-state index contributed by atoms with van der Waals surface area (Å²) < 4.78 is 5.11. The number of hydrogen-bond acceptors (Lipinski definition) is 2. The van der Waals surface area contributed by atoms with Crippen molar-refractivity contribution in [2.75, 3.05) is 7.11 Å². The fourth-order valence-electron chi connectivity index (χ4n) is 2.40. The second kappa shape index (κ2) is 5.01. The lowest BCUT2D eigenvalue weighted by Crippen LogP contribution is -2.30. The zero-order valence-electron chi connectivity index (χ0n) is 11.0. The molecular weight excluding hydrogens is 228 g/mol. The van der Waals surface area contributed by atoms with Gasteiger partial charge in [0.25, 0.3) is 0 Å². The summed E-state index contributed by atoms with van der Waals surface area (Å²) in [7, 11) is 1.64. The molecule has 1 atom stereocenters. The zero-order valence-corrected chi connectivity index (χ0v) is 11.0. The molecule has 1 saturated carbocycles. The molecule has 98 valence electrons. The zero-order chi connectivity index (χ0) is 13.2. The number of carboxylic acid groups (broad SMARTS) is 1. The molecule has 1 aliphatic carbocycles. The van der Waals surface area contributed by atoms with Crippen molar-refractivity contribution < 1.29 is 14.6 Å². The van der Waals surface area contributed by atoms with E-state index in [9.17, 15) is 9.90 Å². The molecule has 18 heavy (non-hydrogen) atoms. The van der Waals surface area contributed by atoms with Crippen LogP contribution in [-0.4, -0.2) is 18.2 Å². The quantitative estimate of drug-likeness (QED) is 0.841. The first-order chi connectivity index (χ1) is 8.56. The maximum Gasteiger partial charge on any atom is 0.309 e. The van der Waals surface area contributed by atoms with Crippen LogP contribution in [0.5, 0.6) is 5.75 Å². The van der Waals surface area contributed by atoms with E-state index in [-0.39, 0.29) is 0 Å². The minimum Gasteiger partial charge on any atom is -0.497 e. The number of benzene rings is 1. The van der Waals surface area contributed by atoms with Crippen molar-refractivity contribution in [1.82, 2.24) is 0 Å². The number of carboxylic acids is 1. The number of carbonyl (C=O) groups is 1. The molecule has 0 heterocycles. The first kappa shape index (κ1) is 12.9. The molecule has 0 spiro atoms. The van der Waals surface area contributed by atoms with Gasteiger partial charge in [-0.15, -0.1) is 0 Å². The van der Waals surface area contributed by atoms with E-state index >= 15 is 0 Å². The second-order valence-corrected chi connectivity index (χ2v) is 5.34. The van der Waals surface area contributed by atoms with Crippen LogP contribution in [0.4, 0.5) is 0 Å². The molecule has 0 aliphatic heterocycles. The van der Waals surface area contributed by atoms with Crippen LogP contribution in [0.1, 0.15) is 31.7 Å². The molecule has 2 rings (SSSR count). The van der Waals surface area contributed by atoms with E-state index in [4.69, 9.17) is 4.74 Å². The largest absolute Gasteiger partial charge is 0.497 e. The minimum atomic E-state index is -0.654. The van der Waals surface area contributed by atoms with Gasteiger partial charge < -0.3 is 9.84 Å². The Morgan fingerprint density at radius 2 is 2.00 bits per heavy atom. The average Bonchev–Trinajstić information content (AvgIpc) is 3.21. The number of aliphatic carboxylic acids is 1. The van der Waals surface area contributed by atoms with E-state index in [0.717, 1.165) is 25.0 Å². The van der Waals surface area contributed by atoms with E-state index in [2.05, 4.69) is 0 Å². The molecule has 1 aromatic carbocycles. The van der Waals surface area contributed by atoms with Crippen LogP contribution in [0.3, 0.4) is 0 Å². The fraction of sp³-hybridized carbons (Fsp3) is 0.533. The topological polar surface area (TPSA) is 46.5 Å². The summed E-state index contributed by atoms with van der Waals surface area (Å²) in [5, 5.41) is 9.38. The van der Waals surface area contributed by atoms with Gasteiger partial charge in [-0.2, -0.15) is 0 Å². The summed E-state index contributed by atoms with van der Waals surface area (Å²) in [6, 6.07) is 7.86. The molecule has 3 heteroatoms. The molecule has 1 aliphatic rings. The lowest BCUT2D eigenvalue weighted by atomic mass is 9.79. The van der Waals surface area contributed by atoms with Crippen molar-refractivity contribution in [2.45, 2.75) is 32.6 Å². The van der Waals surface area contributed by atoms with Crippen molar-refractivity contribution in [1.29, 1.82) is 0 Å². The van der Waals surface area contributed by atoms with Crippen molar-refractivity contribution in [2.24, 2.45) is 11.3 Å². The van der Waals surface area contributed by atoms with Crippen LogP contribution in [0, 0.1) is 11.3 Å². The number of ether oxygens (including phenoxy) is 1. The molecule has 0 amide bonds. The number of methoxy groups -OCH3 is 1. The Bertz CT molecular complexity index is 420. The Kier molecular flexibility index (Phi) is 3.60. The summed E-state index contributed by atoms with van der Waals surface area (Å²) in [5.74, 6) is 0.550. The van der Waals surface area contributed by atoms with Crippen LogP contribution in [0.2, 0.25) is 0 Å². The van der Waals surface area contributed by atoms with Gasteiger partial charge in [0.1, 0.15) is 5.75 Å². The van der Waals surface area contributed by atoms with Gasteiger partial charge in [0.05, 0.1) is 12.5 Å². The molecule has 0 radical (unpaired) electrons. The van der Waals surface area contributed by atoms with Gasteiger partial charge >= 0.3 is 5.97 Å². The third-order valence-corrected chi connectivity index (χ3v) is 4.06. The summed E-state index contributed by atoms with van der Waals surface area (Å²) in [6.45, 7) is 1.89. The highest BCUT2D eigenvalue weighted by Crippen LogP contribution is 2.48. The third-order valence-electron chi connectivity index (χ3n) is 4.06. The van der Waals surface area contributed by atoms with Crippen molar-refractivity contribution >= 4 is 5.97 Å². The molecule has 0 saturated heterocycles. The third kappa shape index (κ3) is 2.66. The van der Waals surface area contributed by atoms with Gasteiger partial charge in [-0.25, -0.2) is 0 Å². The van der Waals surface area contributed by atoms with E-state index in [0.29, 0.717) is 12.3 Å². The van der Waals surface area contributed by atoms with Gasteiger partial charge in [-0.05, 0) is 56.2 Å². The van der Waals surface area contributed by atoms with E-state index in [1.807, 2.05) is 31.2 Å². The van der Waals surface area contributed by atoms with Gasteiger partial charge in [-0.1, -0.05) is 12.1 Å².